The van der Waals surface area contributed by atoms with Crippen molar-refractivity contribution in [2.75, 3.05) is 11.1 Å². The SMILES string of the molecule is C=CCn1c(SCC(=O)Nc2ccccc2)nnc1[C@@H](C)NC(=O)c1cccc(C)c1. The van der Waals surface area contributed by atoms with Crippen LogP contribution in [0.1, 0.15) is 34.7 Å². The monoisotopic (exact) mass is 435 g/mol. The molecule has 3 rings (SSSR count). The van der Waals surface area contributed by atoms with E-state index in [1.54, 1.807) is 12.1 Å². The number of para-hydroxylation sites is 1. The Bertz CT molecular complexity index is 1060. The molecule has 7 nitrogen and oxygen atoms in total. The van der Waals surface area contributed by atoms with E-state index < -0.39 is 0 Å². The highest BCUT2D eigenvalue weighted by atomic mass is 32.2. The predicted molar refractivity (Wildman–Crippen MR) is 123 cm³/mol. The Morgan fingerprint density at radius 3 is 2.65 bits per heavy atom. The average molecular weight is 436 g/mol. The van der Waals surface area contributed by atoms with Crippen LogP contribution in [0.4, 0.5) is 5.69 Å². The maximum absolute atomic E-state index is 12.6. The number of benzene rings is 2. The third-order valence-corrected chi connectivity index (χ3v) is 5.43. The minimum absolute atomic E-state index is 0.133. The van der Waals surface area contributed by atoms with Gasteiger partial charge in [-0.05, 0) is 38.1 Å². The van der Waals surface area contributed by atoms with Crippen molar-refractivity contribution in [3.63, 3.8) is 0 Å². The minimum Gasteiger partial charge on any atom is -0.342 e. The number of hydrogen-bond donors (Lipinski definition) is 2. The lowest BCUT2D eigenvalue weighted by molar-refractivity contribution is -0.113. The lowest BCUT2D eigenvalue weighted by Crippen LogP contribution is -2.28. The number of allylic oxidation sites excluding steroid dienone is 1. The standard InChI is InChI=1S/C23H25N5O2S/c1-4-13-28-21(17(3)24-22(30)18-10-8-9-16(2)14-18)26-27-23(28)31-15-20(29)25-19-11-6-5-7-12-19/h4-12,14,17H,1,13,15H2,2-3H3,(H,24,30)(H,25,29)/t17-/m1/s1. The number of amides is 2. The van der Waals surface area contributed by atoms with Crippen molar-refractivity contribution in [3.8, 4) is 0 Å². The number of rotatable bonds is 9. The van der Waals surface area contributed by atoms with Gasteiger partial charge in [0.2, 0.25) is 5.91 Å². The van der Waals surface area contributed by atoms with Gasteiger partial charge in [0.15, 0.2) is 11.0 Å². The van der Waals surface area contributed by atoms with E-state index in [0.29, 0.717) is 23.1 Å². The molecule has 2 amide bonds. The van der Waals surface area contributed by atoms with Crippen molar-refractivity contribution in [3.05, 3.63) is 84.2 Å². The molecule has 0 saturated heterocycles. The van der Waals surface area contributed by atoms with Crippen molar-refractivity contribution in [1.29, 1.82) is 0 Å². The molecule has 0 fully saturated rings. The van der Waals surface area contributed by atoms with Gasteiger partial charge in [-0.1, -0.05) is 53.7 Å². The number of aryl methyl sites for hydroxylation is 1. The van der Waals surface area contributed by atoms with E-state index in [1.165, 1.54) is 11.8 Å². The average Bonchev–Trinajstić information content (AvgIpc) is 3.16. The van der Waals surface area contributed by atoms with Gasteiger partial charge >= 0.3 is 0 Å². The molecule has 0 radical (unpaired) electrons. The highest BCUT2D eigenvalue weighted by Gasteiger charge is 2.20. The second kappa shape index (κ2) is 10.6. The zero-order valence-electron chi connectivity index (χ0n) is 17.5. The minimum atomic E-state index is -0.368. The summed E-state index contributed by atoms with van der Waals surface area (Å²) in [5.41, 5.74) is 2.35. The molecule has 8 heteroatoms. The molecule has 1 heterocycles. The van der Waals surface area contributed by atoms with Gasteiger partial charge in [0.25, 0.3) is 5.91 Å². The van der Waals surface area contributed by atoms with E-state index in [4.69, 9.17) is 0 Å². The second-order valence-corrected chi connectivity index (χ2v) is 7.95. The van der Waals surface area contributed by atoms with Crippen molar-refractivity contribution in [1.82, 2.24) is 20.1 Å². The predicted octanol–water partition coefficient (Wildman–Crippen LogP) is 3.99. The molecule has 1 aromatic heterocycles. The molecule has 3 aromatic rings. The first-order chi connectivity index (χ1) is 15.0. The first-order valence-electron chi connectivity index (χ1n) is 9.87. The van der Waals surface area contributed by atoms with Gasteiger partial charge in [0.05, 0.1) is 11.8 Å². The van der Waals surface area contributed by atoms with Gasteiger partial charge in [-0.25, -0.2) is 0 Å². The van der Waals surface area contributed by atoms with Crippen LogP contribution < -0.4 is 10.6 Å². The van der Waals surface area contributed by atoms with Gasteiger partial charge in [-0.3, -0.25) is 9.59 Å². The largest absolute Gasteiger partial charge is 0.342 e. The lowest BCUT2D eigenvalue weighted by atomic mass is 10.1. The fraction of sp³-hybridized carbons (Fsp3) is 0.217. The highest BCUT2D eigenvalue weighted by molar-refractivity contribution is 7.99. The topological polar surface area (TPSA) is 88.9 Å². The summed E-state index contributed by atoms with van der Waals surface area (Å²) in [6.45, 7) is 8.06. The maximum atomic E-state index is 12.6. The number of carbonyl (C=O) groups excluding carboxylic acids is 2. The molecular weight excluding hydrogens is 410 g/mol. The Morgan fingerprint density at radius 1 is 1.16 bits per heavy atom. The molecule has 0 aliphatic carbocycles. The van der Waals surface area contributed by atoms with E-state index in [9.17, 15) is 9.59 Å². The number of hydrogen-bond acceptors (Lipinski definition) is 5. The van der Waals surface area contributed by atoms with Crippen LogP contribution in [0, 0.1) is 6.92 Å². The normalized spacial score (nSPS) is 11.5. The summed E-state index contributed by atoms with van der Waals surface area (Å²) in [5.74, 6) is 0.480. The second-order valence-electron chi connectivity index (χ2n) is 7.01. The first kappa shape index (κ1) is 22.3. The molecule has 0 saturated carbocycles. The molecule has 1 atom stereocenters. The van der Waals surface area contributed by atoms with E-state index in [0.717, 1.165) is 11.3 Å². The fourth-order valence-electron chi connectivity index (χ4n) is 3.01. The third kappa shape index (κ3) is 6.05. The van der Waals surface area contributed by atoms with E-state index in [1.807, 2.05) is 66.9 Å². The molecule has 0 aliphatic heterocycles. The van der Waals surface area contributed by atoms with Crippen molar-refractivity contribution in [2.45, 2.75) is 31.6 Å². The molecule has 0 unspecified atom stereocenters. The van der Waals surface area contributed by atoms with E-state index in [-0.39, 0.29) is 23.6 Å². The van der Waals surface area contributed by atoms with Gasteiger partial charge in [-0.2, -0.15) is 0 Å². The van der Waals surface area contributed by atoms with Gasteiger partial charge < -0.3 is 15.2 Å². The Morgan fingerprint density at radius 2 is 1.94 bits per heavy atom. The van der Waals surface area contributed by atoms with Crippen LogP contribution in [0.3, 0.4) is 0 Å². The summed E-state index contributed by atoms with van der Waals surface area (Å²) in [5, 5.41) is 14.9. The van der Waals surface area contributed by atoms with Crippen molar-refractivity contribution >= 4 is 29.3 Å². The van der Waals surface area contributed by atoms with Crippen LogP contribution in [0.5, 0.6) is 0 Å². The summed E-state index contributed by atoms with van der Waals surface area (Å²) >= 11 is 1.29. The van der Waals surface area contributed by atoms with Crippen LogP contribution in [-0.4, -0.2) is 32.3 Å². The van der Waals surface area contributed by atoms with Crippen molar-refractivity contribution in [2.24, 2.45) is 0 Å². The Hall–Kier alpha value is -3.39. The molecule has 2 N–H and O–H groups in total. The summed E-state index contributed by atoms with van der Waals surface area (Å²) in [4.78, 5) is 24.9. The quantitative estimate of drug-likeness (QED) is 0.392. The highest BCUT2D eigenvalue weighted by Crippen LogP contribution is 2.21. The summed E-state index contributed by atoms with van der Waals surface area (Å²) in [7, 11) is 0. The molecule has 2 aromatic carbocycles. The van der Waals surface area contributed by atoms with Gasteiger partial charge in [0, 0.05) is 17.8 Å². The van der Waals surface area contributed by atoms with Crippen LogP contribution in [0.2, 0.25) is 0 Å². The van der Waals surface area contributed by atoms with E-state index in [2.05, 4.69) is 27.4 Å². The number of nitrogens with one attached hydrogen (secondary N) is 2. The number of nitrogens with zero attached hydrogens (tertiary/aromatic N) is 3. The maximum Gasteiger partial charge on any atom is 0.251 e. The number of carbonyl (C=O) groups is 2. The molecular formula is C23H25N5O2S. The summed E-state index contributed by atoms with van der Waals surface area (Å²) in [6.07, 6.45) is 1.73. The third-order valence-electron chi connectivity index (χ3n) is 4.46. The summed E-state index contributed by atoms with van der Waals surface area (Å²) in [6, 6.07) is 16.3. The Kier molecular flexibility index (Phi) is 7.61. The van der Waals surface area contributed by atoms with Crippen LogP contribution in [-0.2, 0) is 11.3 Å². The van der Waals surface area contributed by atoms with Gasteiger partial charge in [-0.15, -0.1) is 16.8 Å². The zero-order chi connectivity index (χ0) is 22.2. The number of thioether (sulfide) groups is 1. The zero-order valence-corrected chi connectivity index (χ0v) is 18.4. The first-order valence-corrected chi connectivity index (χ1v) is 10.9. The molecule has 0 aliphatic rings. The molecule has 0 bridgehead atoms. The number of aromatic nitrogens is 3. The van der Waals surface area contributed by atoms with Gasteiger partial charge in [0.1, 0.15) is 0 Å². The molecule has 31 heavy (non-hydrogen) atoms. The number of anilines is 1. The van der Waals surface area contributed by atoms with Crippen LogP contribution in [0.25, 0.3) is 0 Å². The fourth-order valence-corrected chi connectivity index (χ4v) is 3.76. The molecule has 0 spiro atoms. The lowest BCUT2D eigenvalue weighted by Gasteiger charge is -2.15. The van der Waals surface area contributed by atoms with Crippen LogP contribution >= 0.6 is 11.8 Å². The Balaban J connectivity index is 1.67. The van der Waals surface area contributed by atoms with E-state index >= 15 is 0 Å². The van der Waals surface area contributed by atoms with Crippen molar-refractivity contribution < 1.29 is 9.59 Å². The van der Waals surface area contributed by atoms with Crippen LogP contribution in [0.15, 0.2) is 72.4 Å². The Labute approximate surface area is 186 Å². The summed E-state index contributed by atoms with van der Waals surface area (Å²) < 4.78 is 1.86. The smallest absolute Gasteiger partial charge is 0.251 e. The molecule has 160 valence electrons.